The van der Waals surface area contributed by atoms with Crippen molar-refractivity contribution in [3.63, 3.8) is 0 Å². The molecule has 0 unspecified atom stereocenters. The maximum atomic E-state index is 11.4. The number of nitrogens with one attached hydrogen (secondary N) is 2. The maximum absolute atomic E-state index is 11.4. The lowest BCUT2D eigenvalue weighted by molar-refractivity contribution is 0.0995. The molecule has 0 aliphatic rings. The van der Waals surface area contributed by atoms with E-state index >= 15 is 0 Å². The molecule has 0 fully saturated rings. The zero-order chi connectivity index (χ0) is 16.3. The fraction of sp³-hybridized carbons (Fsp3) is 0.267. The van der Waals surface area contributed by atoms with Crippen LogP contribution in [0, 0.1) is 13.8 Å². The van der Waals surface area contributed by atoms with E-state index in [-0.39, 0.29) is 5.69 Å². The number of thiocarbonyl (C=S) groups is 1. The second kappa shape index (κ2) is 6.57. The topological polar surface area (TPSA) is 85.0 Å². The van der Waals surface area contributed by atoms with Gasteiger partial charge >= 0.3 is 0 Å². The lowest BCUT2D eigenvalue weighted by Gasteiger charge is -2.13. The van der Waals surface area contributed by atoms with Gasteiger partial charge in [0.2, 0.25) is 0 Å². The number of amides is 1. The van der Waals surface area contributed by atoms with Crippen LogP contribution in [0.3, 0.4) is 0 Å². The zero-order valence-corrected chi connectivity index (χ0v) is 13.6. The quantitative estimate of drug-likeness (QED) is 0.754. The van der Waals surface area contributed by atoms with Crippen molar-refractivity contribution in [2.45, 2.75) is 27.3 Å². The first-order chi connectivity index (χ1) is 10.4. The summed E-state index contributed by atoms with van der Waals surface area (Å²) in [5.74, 6) is -0.593. The normalized spacial score (nSPS) is 10.3. The van der Waals surface area contributed by atoms with Gasteiger partial charge in [0.15, 0.2) is 10.8 Å². The molecule has 1 heterocycles. The van der Waals surface area contributed by atoms with Crippen molar-refractivity contribution in [2.24, 2.45) is 5.73 Å². The fourth-order valence-electron chi connectivity index (χ4n) is 2.02. The van der Waals surface area contributed by atoms with Gasteiger partial charge in [0.05, 0.1) is 5.69 Å². The molecule has 0 saturated carbocycles. The van der Waals surface area contributed by atoms with Gasteiger partial charge in [-0.3, -0.25) is 9.48 Å². The lowest BCUT2D eigenvalue weighted by atomic mass is 10.1. The summed E-state index contributed by atoms with van der Waals surface area (Å²) in [7, 11) is 0. The molecule has 0 atom stereocenters. The van der Waals surface area contributed by atoms with E-state index in [1.165, 1.54) is 5.56 Å². The Hall–Kier alpha value is -2.41. The number of aryl methyl sites for hydroxylation is 2. The predicted octanol–water partition coefficient (Wildman–Crippen LogP) is 2.43. The van der Waals surface area contributed by atoms with Gasteiger partial charge in [-0.1, -0.05) is 12.1 Å². The number of nitrogens with zero attached hydrogens (tertiary/aromatic N) is 2. The van der Waals surface area contributed by atoms with Crippen molar-refractivity contribution < 1.29 is 4.79 Å². The molecule has 116 valence electrons. The van der Waals surface area contributed by atoms with E-state index in [9.17, 15) is 4.79 Å². The molecular weight excluding hydrogens is 298 g/mol. The van der Waals surface area contributed by atoms with Gasteiger partial charge in [0.25, 0.3) is 5.91 Å². The maximum Gasteiger partial charge on any atom is 0.271 e. The molecule has 1 amide bonds. The molecule has 6 nitrogen and oxygen atoms in total. The van der Waals surface area contributed by atoms with Crippen molar-refractivity contribution in [3.05, 3.63) is 41.2 Å². The third-order valence-corrected chi connectivity index (χ3v) is 3.62. The largest absolute Gasteiger partial charge is 0.364 e. The number of nitrogens with two attached hydrogens (primary N) is 1. The van der Waals surface area contributed by atoms with Gasteiger partial charge in [-0.05, 0) is 50.2 Å². The van der Waals surface area contributed by atoms with Crippen LogP contribution in [-0.4, -0.2) is 20.8 Å². The minimum absolute atomic E-state index is 0.173. The molecule has 0 spiro atoms. The van der Waals surface area contributed by atoms with E-state index in [4.69, 9.17) is 18.0 Å². The van der Waals surface area contributed by atoms with Crippen molar-refractivity contribution in [1.82, 2.24) is 9.78 Å². The molecular formula is C15H19N5OS. The molecule has 1 aromatic carbocycles. The Morgan fingerprint density at radius 1 is 1.32 bits per heavy atom. The summed E-state index contributed by atoms with van der Waals surface area (Å²) in [5, 5.41) is 10.6. The number of hydrogen-bond acceptors (Lipinski definition) is 3. The third kappa shape index (κ3) is 3.43. The molecule has 7 heteroatoms. The summed E-state index contributed by atoms with van der Waals surface area (Å²) >= 11 is 5.30. The predicted molar refractivity (Wildman–Crippen MR) is 92.2 cm³/mol. The van der Waals surface area contributed by atoms with Gasteiger partial charge in [0, 0.05) is 18.4 Å². The monoisotopic (exact) mass is 317 g/mol. The van der Waals surface area contributed by atoms with Crippen molar-refractivity contribution in [2.75, 3.05) is 10.6 Å². The van der Waals surface area contributed by atoms with E-state index in [0.29, 0.717) is 17.3 Å². The number of aromatic nitrogens is 2. The lowest BCUT2D eigenvalue weighted by Crippen LogP contribution is -2.22. The van der Waals surface area contributed by atoms with Crippen molar-refractivity contribution in [1.29, 1.82) is 0 Å². The van der Waals surface area contributed by atoms with Crippen LogP contribution in [0.5, 0.6) is 0 Å². The number of benzene rings is 1. The molecule has 0 aliphatic heterocycles. The van der Waals surface area contributed by atoms with Gasteiger partial charge in [-0.25, -0.2) is 0 Å². The first-order valence-corrected chi connectivity index (χ1v) is 7.34. The summed E-state index contributed by atoms with van der Waals surface area (Å²) in [4.78, 5) is 11.4. The first-order valence-electron chi connectivity index (χ1n) is 6.93. The second-order valence-corrected chi connectivity index (χ2v) is 5.35. The van der Waals surface area contributed by atoms with E-state index in [1.54, 1.807) is 10.9 Å². The molecule has 0 bridgehead atoms. The standard InChI is InChI=1S/C15H19N5OS/c1-4-20-8-12(13(19-20)14(16)21)18-15(22)17-11-7-5-6-9(2)10(11)3/h5-8H,4H2,1-3H3,(H2,16,21)(H2,17,18,22). The van der Waals surface area contributed by atoms with Crippen LogP contribution >= 0.6 is 12.2 Å². The summed E-state index contributed by atoms with van der Waals surface area (Å²) in [6, 6.07) is 5.94. The smallest absolute Gasteiger partial charge is 0.271 e. The Bertz CT molecular complexity index is 723. The van der Waals surface area contributed by atoms with E-state index < -0.39 is 5.91 Å². The highest BCUT2D eigenvalue weighted by Crippen LogP contribution is 2.19. The van der Waals surface area contributed by atoms with E-state index in [2.05, 4.69) is 15.7 Å². The van der Waals surface area contributed by atoms with Crippen LogP contribution in [0.25, 0.3) is 0 Å². The summed E-state index contributed by atoms with van der Waals surface area (Å²) in [6.07, 6.45) is 1.71. The molecule has 0 radical (unpaired) electrons. The van der Waals surface area contributed by atoms with Crippen molar-refractivity contribution >= 4 is 34.6 Å². The molecule has 0 saturated heterocycles. The number of carbonyl (C=O) groups is 1. The number of primary amides is 1. The van der Waals surface area contributed by atoms with Crippen LogP contribution in [0.1, 0.15) is 28.5 Å². The van der Waals surface area contributed by atoms with Crippen LogP contribution in [0.2, 0.25) is 0 Å². The van der Waals surface area contributed by atoms with Crippen LogP contribution in [0.15, 0.2) is 24.4 Å². The number of rotatable bonds is 4. The number of hydrogen-bond donors (Lipinski definition) is 3. The average molecular weight is 317 g/mol. The zero-order valence-electron chi connectivity index (χ0n) is 12.8. The van der Waals surface area contributed by atoms with E-state index in [1.807, 2.05) is 39.0 Å². The fourth-order valence-corrected chi connectivity index (χ4v) is 2.24. The van der Waals surface area contributed by atoms with E-state index in [0.717, 1.165) is 11.3 Å². The Balaban J connectivity index is 2.17. The average Bonchev–Trinajstić information content (AvgIpc) is 2.87. The molecule has 22 heavy (non-hydrogen) atoms. The third-order valence-electron chi connectivity index (χ3n) is 3.42. The Morgan fingerprint density at radius 2 is 2.00 bits per heavy atom. The SMILES string of the molecule is CCn1cc(NC(=S)Nc2cccc(C)c2C)c(C(N)=O)n1. The molecule has 2 aromatic rings. The summed E-state index contributed by atoms with van der Waals surface area (Å²) in [6.45, 7) is 6.62. The summed E-state index contributed by atoms with van der Waals surface area (Å²) < 4.78 is 1.63. The molecule has 0 aliphatic carbocycles. The highest BCUT2D eigenvalue weighted by Gasteiger charge is 2.15. The number of carbonyl (C=O) groups excluding carboxylic acids is 1. The Kier molecular flexibility index (Phi) is 4.77. The number of anilines is 2. The van der Waals surface area contributed by atoms with Gasteiger partial charge in [-0.15, -0.1) is 0 Å². The minimum Gasteiger partial charge on any atom is -0.364 e. The molecule has 1 aromatic heterocycles. The highest BCUT2D eigenvalue weighted by atomic mass is 32.1. The molecule has 2 rings (SSSR count). The van der Waals surface area contributed by atoms with Crippen LogP contribution in [-0.2, 0) is 6.54 Å². The van der Waals surface area contributed by atoms with Gasteiger partial charge in [0.1, 0.15) is 0 Å². The summed E-state index contributed by atoms with van der Waals surface area (Å²) in [5.41, 5.74) is 9.21. The molecule has 4 N–H and O–H groups in total. The van der Waals surface area contributed by atoms with Crippen LogP contribution < -0.4 is 16.4 Å². The highest BCUT2D eigenvalue weighted by molar-refractivity contribution is 7.80. The second-order valence-electron chi connectivity index (χ2n) is 4.94. The van der Waals surface area contributed by atoms with Gasteiger partial charge in [-0.2, -0.15) is 5.10 Å². The Morgan fingerprint density at radius 3 is 2.64 bits per heavy atom. The van der Waals surface area contributed by atoms with Gasteiger partial charge < -0.3 is 16.4 Å². The van der Waals surface area contributed by atoms with Crippen LogP contribution in [0.4, 0.5) is 11.4 Å². The minimum atomic E-state index is -0.593. The van der Waals surface area contributed by atoms with Crippen molar-refractivity contribution in [3.8, 4) is 0 Å². The Labute approximate surface area is 134 Å². The first kappa shape index (κ1) is 16.0.